The Morgan fingerprint density at radius 3 is 2.12 bits per heavy atom. The molecule has 0 heterocycles. The molecule has 98 valence electrons. The predicted molar refractivity (Wildman–Crippen MR) is 74.7 cm³/mol. The first-order chi connectivity index (χ1) is 7.71. The summed E-state index contributed by atoms with van der Waals surface area (Å²) < 4.78 is 0. The van der Waals surface area contributed by atoms with Crippen LogP contribution in [0, 0.1) is 29.1 Å². The van der Waals surface area contributed by atoms with E-state index >= 15 is 0 Å². The third-order valence-corrected chi connectivity index (χ3v) is 3.88. The van der Waals surface area contributed by atoms with Gasteiger partial charge in [-0.25, -0.2) is 0 Å². The lowest BCUT2D eigenvalue weighted by molar-refractivity contribution is -0.123. The van der Waals surface area contributed by atoms with Gasteiger partial charge in [-0.1, -0.05) is 60.8 Å². The molecular formula is C16H28O. The number of terminal acetylenes is 1. The van der Waals surface area contributed by atoms with E-state index < -0.39 is 5.41 Å². The van der Waals surface area contributed by atoms with Gasteiger partial charge >= 0.3 is 0 Å². The molecule has 1 atom stereocenters. The van der Waals surface area contributed by atoms with Crippen LogP contribution in [0.25, 0.3) is 0 Å². The standard InChI is InChI=1S/C16H28O/c1-8-11-13(9-2)15(4,5)12-16(6,7)14(17)10-3/h3,13H,8-9,11-12H2,1-2,4-7H3. The maximum atomic E-state index is 11.7. The molecule has 1 heteroatoms. The fourth-order valence-corrected chi connectivity index (χ4v) is 3.05. The highest BCUT2D eigenvalue weighted by Crippen LogP contribution is 2.42. The molecule has 0 spiro atoms. The number of Topliss-reactive ketones (excluding diaryl/α,β-unsaturated/α-hetero) is 1. The van der Waals surface area contributed by atoms with E-state index in [2.05, 4.69) is 33.6 Å². The monoisotopic (exact) mass is 236 g/mol. The Hall–Kier alpha value is -0.770. The van der Waals surface area contributed by atoms with Crippen molar-refractivity contribution in [3.05, 3.63) is 0 Å². The van der Waals surface area contributed by atoms with Gasteiger partial charge in [-0.05, 0) is 23.7 Å². The van der Waals surface area contributed by atoms with Crippen molar-refractivity contribution in [1.29, 1.82) is 0 Å². The number of hydrogen-bond donors (Lipinski definition) is 0. The highest BCUT2D eigenvalue weighted by atomic mass is 16.1. The number of carbonyl (C=O) groups excluding carboxylic acids is 1. The first-order valence-corrected chi connectivity index (χ1v) is 6.72. The van der Waals surface area contributed by atoms with E-state index in [0.717, 1.165) is 6.42 Å². The predicted octanol–water partition coefficient (Wildman–Crippen LogP) is 4.46. The van der Waals surface area contributed by atoms with Gasteiger partial charge in [0.2, 0.25) is 5.78 Å². The topological polar surface area (TPSA) is 17.1 Å². The van der Waals surface area contributed by atoms with Gasteiger partial charge in [0.15, 0.2) is 0 Å². The summed E-state index contributed by atoms with van der Waals surface area (Å²) in [6.45, 7) is 12.9. The van der Waals surface area contributed by atoms with Crippen LogP contribution in [-0.2, 0) is 4.79 Å². The second-order valence-corrected chi connectivity index (χ2v) is 6.42. The molecule has 0 aromatic carbocycles. The minimum absolute atomic E-state index is 0.0723. The Bertz CT molecular complexity index is 291. The van der Waals surface area contributed by atoms with Crippen molar-refractivity contribution >= 4 is 5.78 Å². The Kier molecular flexibility index (Phi) is 5.96. The average Bonchev–Trinajstić information content (AvgIpc) is 2.22. The summed E-state index contributed by atoms with van der Waals surface area (Å²) in [4.78, 5) is 11.7. The van der Waals surface area contributed by atoms with Gasteiger partial charge in [0.25, 0.3) is 0 Å². The molecule has 0 radical (unpaired) electrons. The molecule has 0 aromatic rings. The summed E-state index contributed by atoms with van der Waals surface area (Å²) in [7, 11) is 0. The van der Waals surface area contributed by atoms with Crippen molar-refractivity contribution in [3.63, 3.8) is 0 Å². The maximum Gasteiger partial charge on any atom is 0.210 e. The van der Waals surface area contributed by atoms with Crippen molar-refractivity contribution in [1.82, 2.24) is 0 Å². The minimum Gasteiger partial charge on any atom is -0.284 e. The van der Waals surface area contributed by atoms with Gasteiger partial charge in [-0.3, -0.25) is 4.79 Å². The second kappa shape index (κ2) is 6.24. The first-order valence-electron chi connectivity index (χ1n) is 6.72. The summed E-state index contributed by atoms with van der Waals surface area (Å²) in [5.74, 6) is 2.87. The van der Waals surface area contributed by atoms with Crippen LogP contribution in [0.5, 0.6) is 0 Å². The molecule has 0 aromatic heterocycles. The minimum atomic E-state index is -0.403. The fourth-order valence-electron chi connectivity index (χ4n) is 3.05. The van der Waals surface area contributed by atoms with Crippen LogP contribution in [0.2, 0.25) is 0 Å². The molecular weight excluding hydrogens is 208 g/mol. The molecule has 0 bridgehead atoms. The van der Waals surface area contributed by atoms with Crippen LogP contribution in [-0.4, -0.2) is 5.78 Å². The molecule has 1 nitrogen and oxygen atoms in total. The first kappa shape index (κ1) is 16.2. The Labute approximate surface area is 107 Å². The van der Waals surface area contributed by atoms with E-state index in [-0.39, 0.29) is 11.2 Å². The van der Waals surface area contributed by atoms with Crippen molar-refractivity contribution < 1.29 is 4.79 Å². The summed E-state index contributed by atoms with van der Waals surface area (Å²) in [5, 5.41) is 0. The van der Waals surface area contributed by atoms with E-state index in [9.17, 15) is 4.79 Å². The van der Waals surface area contributed by atoms with Gasteiger partial charge < -0.3 is 0 Å². The zero-order chi connectivity index (χ0) is 13.7. The molecule has 17 heavy (non-hydrogen) atoms. The lowest BCUT2D eigenvalue weighted by Crippen LogP contribution is -2.34. The van der Waals surface area contributed by atoms with Gasteiger partial charge in [0.05, 0.1) is 0 Å². The number of hydrogen-bond acceptors (Lipinski definition) is 1. The number of carbonyl (C=O) groups is 1. The van der Waals surface area contributed by atoms with Crippen LogP contribution in [0.1, 0.15) is 67.2 Å². The summed E-state index contributed by atoms with van der Waals surface area (Å²) in [6.07, 6.45) is 9.70. The number of ketones is 1. The Morgan fingerprint density at radius 2 is 1.76 bits per heavy atom. The summed E-state index contributed by atoms with van der Waals surface area (Å²) in [5.41, 5.74) is -0.236. The highest BCUT2D eigenvalue weighted by Gasteiger charge is 2.37. The molecule has 0 amide bonds. The normalized spacial score (nSPS) is 14.2. The van der Waals surface area contributed by atoms with Crippen molar-refractivity contribution in [2.75, 3.05) is 0 Å². The SMILES string of the molecule is C#CC(=O)C(C)(C)CC(C)(C)C(CC)CCC. The van der Waals surface area contributed by atoms with E-state index in [1.54, 1.807) is 0 Å². The van der Waals surface area contributed by atoms with Crippen LogP contribution in [0.3, 0.4) is 0 Å². The molecule has 0 saturated carbocycles. The van der Waals surface area contributed by atoms with Gasteiger partial charge in [0, 0.05) is 5.41 Å². The third-order valence-electron chi connectivity index (χ3n) is 3.88. The van der Waals surface area contributed by atoms with Crippen molar-refractivity contribution in [2.24, 2.45) is 16.7 Å². The van der Waals surface area contributed by atoms with Crippen LogP contribution in [0.15, 0.2) is 0 Å². The van der Waals surface area contributed by atoms with E-state index in [1.807, 2.05) is 13.8 Å². The molecule has 0 aliphatic carbocycles. The molecule has 0 N–H and O–H groups in total. The Morgan fingerprint density at radius 1 is 1.24 bits per heavy atom. The molecule has 0 fully saturated rings. The van der Waals surface area contributed by atoms with E-state index in [4.69, 9.17) is 6.42 Å². The zero-order valence-electron chi connectivity index (χ0n) is 12.4. The molecule has 0 saturated heterocycles. The quantitative estimate of drug-likeness (QED) is 0.471. The molecule has 1 unspecified atom stereocenters. The summed E-state index contributed by atoms with van der Waals surface area (Å²) >= 11 is 0. The van der Waals surface area contributed by atoms with Crippen LogP contribution >= 0.6 is 0 Å². The largest absolute Gasteiger partial charge is 0.284 e. The number of rotatable bonds is 7. The molecule has 0 aliphatic rings. The average molecular weight is 236 g/mol. The maximum absolute atomic E-state index is 11.7. The molecule has 0 aliphatic heterocycles. The smallest absolute Gasteiger partial charge is 0.210 e. The van der Waals surface area contributed by atoms with Gasteiger partial charge in [-0.2, -0.15) is 0 Å². The third kappa shape index (κ3) is 4.54. The van der Waals surface area contributed by atoms with Crippen molar-refractivity contribution in [2.45, 2.75) is 67.2 Å². The lowest BCUT2D eigenvalue weighted by atomic mass is 9.65. The van der Waals surface area contributed by atoms with Crippen molar-refractivity contribution in [3.8, 4) is 12.3 Å². The molecule has 0 rings (SSSR count). The van der Waals surface area contributed by atoms with Crippen LogP contribution < -0.4 is 0 Å². The highest BCUT2D eigenvalue weighted by molar-refractivity contribution is 5.99. The van der Waals surface area contributed by atoms with Gasteiger partial charge in [0.1, 0.15) is 0 Å². The van der Waals surface area contributed by atoms with E-state index in [0.29, 0.717) is 5.92 Å². The second-order valence-electron chi connectivity index (χ2n) is 6.42. The van der Waals surface area contributed by atoms with Gasteiger partial charge in [-0.15, -0.1) is 6.42 Å². The van der Waals surface area contributed by atoms with Crippen LogP contribution in [0.4, 0.5) is 0 Å². The Balaban J connectivity index is 4.84. The fraction of sp³-hybridized carbons (Fsp3) is 0.812. The zero-order valence-corrected chi connectivity index (χ0v) is 12.4. The van der Waals surface area contributed by atoms with E-state index in [1.165, 1.54) is 19.3 Å². The lowest BCUT2D eigenvalue weighted by Gasteiger charge is -2.39. The summed E-state index contributed by atoms with van der Waals surface area (Å²) in [6, 6.07) is 0.